The largest absolute Gasteiger partial charge is 0.392 e. The van der Waals surface area contributed by atoms with E-state index in [2.05, 4.69) is 0 Å². The Bertz CT molecular complexity index is 430. The number of benzene rings is 1. The van der Waals surface area contributed by atoms with E-state index in [0.717, 1.165) is 0 Å². The predicted octanol–water partition coefficient (Wildman–Crippen LogP) is 0.621. The van der Waals surface area contributed by atoms with Gasteiger partial charge in [0.15, 0.2) is 0 Å². The van der Waals surface area contributed by atoms with Gasteiger partial charge in [0.05, 0.1) is 12.4 Å². The first-order valence-electron chi connectivity index (χ1n) is 3.81. The molecule has 0 aliphatic carbocycles. The van der Waals surface area contributed by atoms with Crippen LogP contribution in [-0.4, -0.2) is 13.5 Å². The second kappa shape index (κ2) is 4.27. The van der Waals surface area contributed by atoms with E-state index >= 15 is 0 Å². The van der Waals surface area contributed by atoms with E-state index in [0.29, 0.717) is 16.1 Å². The summed E-state index contributed by atoms with van der Waals surface area (Å²) < 4.78 is 21.5. The average Bonchev–Trinajstić information content (AvgIpc) is 2.06. The van der Waals surface area contributed by atoms with Crippen molar-refractivity contribution in [2.45, 2.75) is 12.4 Å². The highest BCUT2D eigenvalue weighted by molar-refractivity contribution is 7.88. The van der Waals surface area contributed by atoms with Crippen molar-refractivity contribution >= 4 is 21.6 Å². The summed E-state index contributed by atoms with van der Waals surface area (Å²) >= 11 is 5.73. The molecule has 6 heteroatoms. The second-order valence-electron chi connectivity index (χ2n) is 2.89. The lowest BCUT2D eigenvalue weighted by Gasteiger charge is -2.04. The molecule has 0 aliphatic rings. The first kappa shape index (κ1) is 11.5. The monoisotopic (exact) mass is 235 g/mol. The Kier molecular flexibility index (Phi) is 3.49. The molecule has 0 fully saturated rings. The quantitative estimate of drug-likeness (QED) is 0.806. The fraction of sp³-hybridized carbons (Fsp3) is 0.250. The number of aliphatic hydroxyl groups is 1. The van der Waals surface area contributed by atoms with Crippen molar-refractivity contribution < 1.29 is 13.5 Å². The molecule has 78 valence electrons. The average molecular weight is 236 g/mol. The van der Waals surface area contributed by atoms with Gasteiger partial charge in [-0.15, -0.1) is 0 Å². The van der Waals surface area contributed by atoms with Crippen LogP contribution in [0.1, 0.15) is 11.1 Å². The Morgan fingerprint density at radius 3 is 2.57 bits per heavy atom. The molecular weight excluding hydrogens is 226 g/mol. The summed E-state index contributed by atoms with van der Waals surface area (Å²) in [7, 11) is -3.54. The summed E-state index contributed by atoms with van der Waals surface area (Å²) in [5, 5.41) is 14.2. The van der Waals surface area contributed by atoms with Crippen LogP contribution in [-0.2, 0) is 22.4 Å². The summed E-state index contributed by atoms with van der Waals surface area (Å²) in [6, 6.07) is 4.62. The van der Waals surface area contributed by atoms with Gasteiger partial charge in [-0.05, 0) is 17.2 Å². The molecule has 0 bridgehead atoms. The number of sulfonamides is 1. The fourth-order valence-corrected chi connectivity index (χ4v) is 1.89. The van der Waals surface area contributed by atoms with Crippen molar-refractivity contribution in [2.75, 3.05) is 0 Å². The molecule has 0 saturated carbocycles. The van der Waals surface area contributed by atoms with Crippen LogP contribution < -0.4 is 5.14 Å². The molecule has 14 heavy (non-hydrogen) atoms. The van der Waals surface area contributed by atoms with E-state index in [1.165, 1.54) is 12.1 Å². The summed E-state index contributed by atoms with van der Waals surface area (Å²) in [5.41, 5.74) is 1.01. The van der Waals surface area contributed by atoms with Crippen molar-refractivity contribution in [3.8, 4) is 0 Å². The zero-order valence-electron chi connectivity index (χ0n) is 7.27. The maximum Gasteiger partial charge on any atom is 0.213 e. The predicted molar refractivity (Wildman–Crippen MR) is 54.2 cm³/mol. The van der Waals surface area contributed by atoms with Crippen molar-refractivity contribution in [2.24, 2.45) is 5.14 Å². The lowest BCUT2D eigenvalue weighted by Crippen LogP contribution is -2.14. The lowest BCUT2D eigenvalue weighted by atomic mass is 10.1. The molecule has 0 spiro atoms. The Morgan fingerprint density at radius 2 is 2.07 bits per heavy atom. The standard InChI is InChI=1S/C8H10ClNO3S/c9-8-2-1-6(3-7(8)4-11)5-14(10,12)13/h1-3,11H,4-5H2,(H2,10,12,13). The van der Waals surface area contributed by atoms with Crippen molar-refractivity contribution in [3.05, 3.63) is 34.3 Å². The Morgan fingerprint density at radius 1 is 1.43 bits per heavy atom. The Balaban J connectivity index is 3.01. The highest BCUT2D eigenvalue weighted by atomic mass is 35.5. The molecule has 0 unspecified atom stereocenters. The number of aliphatic hydroxyl groups excluding tert-OH is 1. The van der Waals surface area contributed by atoms with E-state index in [1.807, 2.05) is 0 Å². The molecule has 0 amide bonds. The second-order valence-corrected chi connectivity index (χ2v) is 4.91. The minimum absolute atomic E-state index is 0.225. The van der Waals surface area contributed by atoms with Gasteiger partial charge >= 0.3 is 0 Å². The van der Waals surface area contributed by atoms with Crippen molar-refractivity contribution in [1.82, 2.24) is 0 Å². The molecule has 1 aromatic carbocycles. The Hall–Kier alpha value is -0.620. The van der Waals surface area contributed by atoms with Crippen LogP contribution >= 0.6 is 11.6 Å². The van der Waals surface area contributed by atoms with Gasteiger partial charge in [0.25, 0.3) is 0 Å². The minimum Gasteiger partial charge on any atom is -0.392 e. The SMILES string of the molecule is NS(=O)(=O)Cc1ccc(Cl)c(CO)c1. The molecule has 3 N–H and O–H groups in total. The van der Waals surface area contributed by atoms with Crippen molar-refractivity contribution in [1.29, 1.82) is 0 Å². The number of rotatable bonds is 3. The number of hydrogen-bond donors (Lipinski definition) is 2. The molecule has 0 atom stereocenters. The lowest BCUT2D eigenvalue weighted by molar-refractivity contribution is 0.282. The molecular formula is C8H10ClNO3S. The van der Waals surface area contributed by atoms with E-state index in [4.69, 9.17) is 21.8 Å². The Labute approximate surface area is 87.4 Å². The third-order valence-corrected chi connectivity index (χ3v) is 2.75. The van der Waals surface area contributed by atoms with Gasteiger partial charge in [0.2, 0.25) is 10.0 Å². The molecule has 1 rings (SSSR count). The van der Waals surface area contributed by atoms with Gasteiger partial charge in [-0.3, -0.25) is 0 Å². The number of primary sulfonamides is 1. The zero-order chi connectivity index (χ0) is 10.8. The summed E-state index contributed by atoms with van der Waals surface area (Å²) in [5.74, 6) is -0.253. The normalized spacial score (nSPS) is 11.6. The molecule has 1 aromatic rings. The summed E-state index contributed by atoms with van der Waals surface area (Å²) in [6.07, 6.45) is 0. The maximum atomic E-state index is 10.8. The summed E-state index contributed by atoms with van der Waals surface area (Å²) in [4.78, 5) is 0. The van der Waals surface area contributed by atoms with Gasteiger partial charge in [0.1, 0.15) is 0 Å². The zero-order valence-corrected chi connectivity index (χ0v) is 8.85. The minimum atomic E-state index is -3.54. The highest BCUT2D eigenvalue weighted by Crippen LogP contribution is 2.18. The first-order chi connectivity index (χ1) is 6.42. The number of nitrogens with two attached hydrogens (primary N) is 1. The molecule has 0 aliphatic heterocycles. The molecule has 0 heterocycles. The van der Waals surface area contributed by atoms with E-state index < -0.39 is 10.0 Å². The third kappa shape index (κ3) is 3.26. The third-order valence-electron chi connectivity index (χ3n) is 1.65. The first-order valence-corrected chi connectivity index (χ1v) is 5.90. The maximum absolute atomic E-state index is 10.8. The molecule has 0 saturated heterocycles. The molecule has 0 radical (unpaired) electrons. The van der Waals surface area contributed by atoms with Crippen LogP contribution in [0.4, 0.5) is 0 Å². The molecule has 0 aromatic heterocycles. The topological polar surface area (TPSA) is 80.4 Å². The van der Waals surface area contributed by atoms with Gasteiger partial charge in [-0.25, -0.2) is 13.6 Å². The van der Waals surface area contributed by atoms with E-state index in [-0.39, 0.29) is 12.4 Å². The number of hydrogen-bond acceptors (Lipinski definition) is 3. The van der Waals surface area contributed by atoms with Gasteiger partial charge in [-0.1, -0.05) is 23.7 Å². The fourth-order valence-electron chi connectivity index (χ4n) is 1.07. The van der Waals surface area contributed by atoms with Crippen LogP contribution in [0.2, 0.25) is 5.02 Å². The van der Waals surface area contributed by atoms with Crippen LogP contribution in [0, 0.1) is 0 Å². The van der Waals surface area contributed by atoms with Crippen LogP contribution in [0.25, 0.3) is 0 Å². The highest BCUT2D eigenvalue weighted by Gasteiger charge is 2.07. The van der Waals surface area contributed by atoms with Gasteiger partial charge in [-0.2, -0.15) is 0 Å². The van der Waals surface area contributed by atoms with Gasteiger partial charge < -0.3 is 5.11 Å². The van der Waals surface area contributed by atoms with E-state index in [9.17, 15) is 8.42 Å². The van der Waals surface area contributed by atoms with Crippen LogP contribution in [0.5, 0.6) is 0 Å². The smallest absolute Gasteiger partial charge is 0.213 e. The molecule has 4 nitrogen and oxygen atoms in total. The van der Waals surface area contributed by atoms with Gasteiger partial charge in [0, 0.05) is 5.02 Å². The van der Waals surface area contributed by atoms with Crippen LogP contribution in [0.3, 0.4) is 0 Å². The van der Waals surface area contributed by atoms with E-state index in [1.54, 1.807) is 6.07 Å². The summed E-state index contributed by atoms with van der Waals surface area (Å²) in [6.45, 7) is -0.225. The van der Waals surface area contributed by atoms with Crippen molar-refractivity contribution in [3.63, 3.8) is 0 Å². The van der Waals surface area contributed by atoms with Crippen LogP contribution in [0.15, 0.2) is 18.2 Å². The number of halogens is 1.